The number of carbonyl (C=O) groups excluding carboxylic acids is 1. The molecular weight excluding hydrogens is 166 g/mol. The number of nitrogens with zero attached hydrogens (tertiary/aromatic N) is 1. The van der Waals surface area contributed by atoms with Gasteiger partial charge in [-0.2, -0.15) is 0 Å². The van der Waals surface area contributed by atoms with Crippen molar-refractivity contribution in [1.29, 1.82) is 0 Å². The molecule has 0 spiro atoms. The summed E-state index contributed by atoms with van der Waals surface area (Å²) in [7, 11) is 1.73. The summed E-state index contributed by atoms with van der Waals surface area (Å²) in [4.78, 5) is 12.8. The predicted molar refractivity (Wildman–Crippen MR) is 53.4 cm³/mol. The van der Waals surface area contributed by atoms with Gasteiger partial charge in [0.1, 0.15) is 6.10 Å². The van der Waals surface area contributed by atoms with E-state index in [9.17, 15) is 4.79 Å². The number of carbonyl (C=O) groups is 1. The molecule has 1 amide bonds. The van der Waals surface area contributed by atoms with E-state index in [0.29, 0.717) is 5.92 Å². The first-order valence-electron chi connectivity index (χ1n) is 4.88. The fraction of sp³-hybridized carbons (Fsp3) is 0.900. The second-order valence-corrected chi connectivity index (χ2v) is 3.97. The normalized spacial score (nSPS) is 13.1. The van der Waals surface area contributed by atoms with Gasteiger partial charge in [0.2, 0.25) is 0 Å². The molecule has 0 fully saturated rings. The molecule has 78 valence electrons. The van der Waals surface area contributed by atoms with Crippen LogP contribution in [0, 0.1) is 5.92 Å². The SMILES string of the molecule is CC(C)CCCN(C)C(=O)C(C)O. The van der Waals surface area contributed by atoms with Crippen LogP contribution in [0.1, 0.15) is 33.6 Å². The highest BCUT2D eigenvalue weighted by atomic mass is 16.3. The molecule has 0 saturated carbocycles. The zero-order chi connectivity index (χ0) is 10.4. The third-order valence-electron chi connectivity index (χ3n) is 2.01. The topological polar surface area (TPSA) is 40.5 Å². The molecule has 0 aromatic heterocycles. The number of aliphatic hydroxyl groups excluding tert-OH is 1. The molecule has 0 aliphatic rings. The Bertz CT molecular complexity index is 155. The Labute approximate surface area is 80.7 Å². The fourth-order valence-corrected chi connectivity index (χ4v) is 1.17. The van der Waals surface area contributed by atoms with Gasteiger partial charge in [-0.05, 0) is 25.7 Å². The highest BCUT2D eigenvalue weighted by Crippen LogP contribution is 2.04. The standard InChI is InChI=1S/C10H21NO2/c1-8(2)6-5-7-11(4)10(13)9(3)12/h8-9,12H,5-7H2,1-4H3. The lowest BCUT2D eigenvalue weighted by Gasteiger charge is -2.18. The Hall–Kier alpha value is -0.570. The fourth-order valence-electron chi connectivity index (χ4n) is 1.17. The Morgan fingerprint density at radius 3 is 2.31 bits per heavy atom. The van der Waals surface area contributed by atoms with E-state index in [1.807, 2.05) is 0 Å². The summed E-state index contributed by atoms with van der Waals surface area (Å²) < 4.78 is 0. The van der Waals surface area contributed by atoms with Crippen LogP contribution in [-0.2, 0) is 4.79 Å². The van der Waals surface area contributed by atoms with Crippen LogP contribution < -0.4 is 0 Å². The van der Waals surface area contributed by atoms with Crippen molar-refractivity contribution in [3.63, 3.8) is 0 Å². The first-order valence-corrected chi connectivity index (χ1v) is 4.88. The second-order valence-electron chi connectivity index (χ2n) is 3.97. The van der Waals surface area contributed by atoms with Crippen molar-refractivity contribution in [2.45, 2.75) is 39.7 Å². The zero-order valence-corrected chi connectivity index (χ0v) is 9.08. The molecule has 0 aliphatic carbocycles. The molecule has 13 heavy (non-hydrogen) atoms. The van der Waals surface area contributed by atoms with Crippen LogP contribution in [0.2, 0.25) is 0 Å². The Morgan fingerprint density at radius 1 is 1.38 bits per heavy atom. The molecule has 0 saturated heterocycles. The number of likely N-dealkylation sites (N-methyl/N-ethyl adjacent to an activating group) is 1. The Balaban J connectivity index is 3.62. The maximum absolute atomic E-state index is 11.2. The van der Waals surface area contributed by atoms with Crippen molar-refractivity contribution < 1.29 is 9.90 Å². The van der Waals surface area contributed by atoms with Gasteiger partial charge in [-0.15, -0.1) is 0 Å². The molecule has 0 aromatic rings. The van der Waals surface area contributed by atoms with E-state index in [1.165, 1.54) is 6.92 Å². The largest absolute Gasteiger partial charge is 0.384 e. The van der Waals surface area contributed by atoms with Gasteiger partial charge < -0.3 is 10.0 Å². The number of aliphatic hydroxyl groups is 1. The monoisotopic (exact) mass is 187 g/mol. The van der Waals surface area contributed by atoms with Crippen molar-refractivity contribution in [2.75, 3.05) is 13.6 Å². The molecule has 1 unspecified atom stereocenters. The van der Waals surface area contributed by atoms with Crippen LogP contribution in [0.25, 0.3) is 0 Å². The van der Waals surface area contributed by atoms with Crippen LogP contribution in [0.5, 0.6) is 0 Å². The molecule has 1 N–H and O–H groups in total. The van der Waals surface area contributed by atoms with Crippen molar-refractivity contribution >= 4 is 5.91 Å². The third-order valence-corrected chi connectivity index (χ3v) is 2.01. The third kappa shape index (κ3) is 5.64. The van der Waals surface area contributed by atoms with Gasteiger partial charge in [0.05, 0.1) is 0 Å². The number of hydrogen-bond acceptors (Lipinski definition) is 2. The molecule has 0 rings (SSSR count). The van der Waals surface area contributed by atoms with E-state index >= 15 is 0 Å². The summed E-state index contributed by atoms with van der Waals surface area (Å²) in [6.45, 7) is 6.57. The van der Waals surface area contributed by atoms with Crippen LogP contribution in [0.3, 0.4) is 0 Å². The van der Waals surface area contributed by atoms with Gasteiger partial charge in [-0.25, -0.2) is 0 Å². The van der Waals surface area contributed by atoms with Crippen molar-refractivity contribution in [2.24, 2.45) is 5.92 Å². The summed E-state index contributed by atoms with van der Waals surface area (Å²) >= 11 is 0. The molecule has 0 aliphatic heterocycles. The van der Waals surface area contributed by atoms with E-state index in [-0.39, 0.29) is 5.91 Å². The van der Waals surface area contributed by atoms with Gasteiger partial charge in [-0.3, -0.25) is 4.79 Å². The lowest BCUT2D eigenvalue weighted by atomic mass is 10.1. The van der Waals surface area contributed by atoms with E-state index < -0.39 is 6.10 Å². The van der Waals surface area contributed by atoms with Crippen LogP contribution in [0.15, 0.2) is 0 Å². The average molecular weight is 187 g/mol. The summed E-state index contributed by atoms with van der Waals surface area (Å²) in [5.74, 6) is 0.485. The molecule has 3 nitrogen and oxygen atoms in total. The first kappa shape index (κ1) is 12.4. The van der Waals surface area contributed by atoms with Crippen LogP contribution >= 0.6 is 0 Å². The molecule has 0 bridgehead atoms. The summed E-state index contributed by atoms with van der Waals surface area (Å²) in [5.41, 5.74) is 0. The molecule has 3 heteroatoms. The van der Waals surface area contributed by atoms with Crippen molar-refractivity contribution in [1.82, 2.24) is 4.90 Å². The summed E-state index contributed by atoms with van der Waals surface area (Å²) in [6.07, 6.45) is 1.26. The number of hydrogen-bond donors (Lipinski definition) is 1. The number of rotatable bonds is 5. The summed E-state index contributed by atoms with van der Waals surface area (Å²) in [6, 6.07) is 0. The van der Waals surface area contributed by atoms with Gasteiger partial charge >= 0.3 is 0 Å². The highest BCUT2D eigenvalue weighted by Gasteiger charge is 2.13. The minimum atomic E-state index is -0.871. The lowest BCUT2D eigenvalue weighted by molar-refractivity contribution is -0.137. The van der Waals surface area contributed by atoms with Crippen molar-refractivity contribution in [3.8, 4) is 0 Å². The second kappa shape index (κ2) is 5.97. The average Bonchev–Trinajstić information content (AvgIpc) is 2.02. The predicted octanol–water partition coefficient (Wildman–Crippen LogP) is 1.26. The molecule has 1 atom stereocenters. The maximum atomic E-state index is 11.2. The van der Waals surface area contributed by atoms with Gasteiger partial charge in [0.15, 0.2) is 0 Å². The van der Waals surface area contributed by atoms with E-state index in [4.69, 9.17) is 5.11 Å². The quantitative estimate of drug-likeness (QED) is 0.704. The van der Waals surface area contributed by atoms with E-state index in [1.54, 1.807) is 11.9 Å². The van der Waals surface area contributed by atoms with Crippen molar-refractivity contribution in [3.05, 3.63) is 0 Å². The van der Waals surface area contributed by atoms with Gasteiger partial charge in [0, 0.05) is 13.6 Å². The minimum absolute atomic E-state index is 0.191. The van der Waals surface area contributed by atoms with E-state index in [0.717, 1.165) is 19.4 Å². The molecule has 0 aromatic carbocycles. The molecular formula is C10H21NO2. The Kier molecular flexibility index (Phi) is 5.71. The molecule has 0 heterocycles. The smallest absolute Gasteiger partial charge is 0.250 e. The zero-order valence-electron chi connectivity index (χ0n) is 9.08. The van der Waals surface area contributed by atoms with Crippen LogP contribution in [-0.4, -0.2) is 35.6 Å². The Morgan fingerprint density at radius 2 is 1.92 bits per heavy atom. The van der Waals surface area contributed by atoms with Gasteiger partial charge in [-0.1, -0.05) is 13.8 Å². The highest BCUT2D eigenvalue weighted by molar-refractivity contribution is 5.79. The minimum Gasteiger partial charge on any atom is -0.384 e. The lowest BCUT2D eigenvalue weighted by Crippen LogP contribution is -2.35. The maximum Gasteiger partial charge on any atom is 0.250 e. The molecule has 0 radical (unpaired) electrons. The van der Waals surface area contributed by atoms with Gasteiger partial charge in [0.25, 0.3) is 5.91 Å². The van der Waals surface area contributed by atoms with E-state index in [2.05, 4.69) is 13.8 Å². The number of amides is 1. The first-order chi connectivity index (χ1) is 5.95. The van der Waals surface area contributed by atoms with Crippen LogP contribution in [0.4, 0.5) is 0 Å². The summed E-state index contributed by atoms with van der Waals surface area (Å²) in [5, 5.41) is 9.01.